The Kier molecular flexibility index (Phi) is 13.0. The average molecular weight is 841 g/mol. The number of fused-ring (bicyclic) bond motifs is 2. The van der Waals surface area contributed by atoms with Crippen LogP contribution in [0.5, 0.6) is 17.2 Å². The van der Waals surface area contributed by atoms with Gasteiger partial charge in [0, 0.05) is 49.1 Å². The third-order valence-corrected chi connectivity index (χ3v) is 12.6. The highest BCUT2D eigenvalue weighted by molar-refractivity contribution is 7.21. The summed E-state index contributed by atoms with van der Waals surface area (Å²) >= 11 is 1.32. The van der Waals surface area contributed by atoms with Gasteiger partial charge in [-0.2, -0.15) is 0 Å². The number of pyridine rings is 1. The van der Waals surface area contributed by atoms with E-state index in [1.807, 2.05) is 31.1 Å². The number of unbranched alkanes of at least 4 members (excludes halogenated alkanes) is 2. The number of amides is 5. The largest absolute Gasteiger partial charge is 0.496 e. The van der Waals surface area contributed by atoms with Crippen molar-refractivity contribution in [1.82, 2.24) is 29.9 Å². The molecule has 5 amide bonds. The number of methoxy groups -OCH3 is 2. The van der Waals surface area contributed by atoms with E-state index in [0.717, 1.165) is 84.4 Å². The van der Waals surface area contributed by atoms with Crippen LogP contribution in [0.4, 0.5) is 0 Å². The predicted octanol–water partition coefficient (Wildman–Crippen LogP) is 4.58. The fourth-order valence-electron chi connectivity index (χ4n) is 8.30. The molecule has 2 fully saturated rings. The van der Waals surface area contributed by atoms with Crippen molar-refractivity contribution < 1.29 is 38.2 Å². The Morgan fingerprint density at radius 2 is 1.65 bits per heavy atom. The van der Waals surface area contributed by atoms with E-state index in [4.69, 9.17) is 14.2 Å². The Morgan fingerprint density at radius 3 is 2.37 bits per heavy atom. The standard InChI is InChI=1S/C44H52N6O9S/c1-47(2)24-33-35(57-4)20-26(21-36(33)58-5)32-25-48(3)42(54)31-23-37(60-39(31)32)41(53)45-27-10-9-17-49(18-15-27)16-7-6-8-19-59-28-11-12-29-30(22-28)44(56)50(43(29)55)34-13-14-38(51)46-40(34)52/h11-12,20-23,25,27,34H,6-10,13-19,24H2,1-5H3,(H,45,53)(H,46,51,52). The second-order valence-electron chi connectivity index (χ2n) is 15.9. The maximum atomic E-state index is 13.7. The van der Waals surface area contributed by atoms with Gasteiger partial charge in [0.2, 0.25) is 11.8 Å². The molecule has 0 saturated carbocycles. The fraction of sp³-hybridized carbons (Fsp3) is 0.455. The minimum atomic E-state index is -1.01. The SMILES string of the molecule is COc1cc(-c2cn(C)c(=O)c3cc(C(=O)NC4CCCN(CCCCCOc5ccc6c(c5)C(=O)N(C5CCC(=O)NC5=O)C6=O)CC4)sc23)cc(OC)c1CN(C)C. The van der Waals surface area contributed by atoms with Gasteiger partial charge >= 0.3 is 0 Å². The van der Waals surface area contributed by atoms with E-state index in [-0.39, 0.29) is 41.5 Å². The molecule has 16 heteroatoms. The first kappa shape index (κ1) is 42.5. The molecule has 3 aliphatic rings. The van der Waals surface area contributed by atoms with Gasteiger partial charge < -0.3 is 33.9 Å². The van der Waals surface area contributed by atoms with Crippen molar-refractivity contribution in [3.05, 3.63) is 74.5 Å². The molecule has 2 unspecified atom stereocenters. The second-order valence-corrected chi connectivity index (χ2v) is 17.0. The van der Waals surface area contributed by atoms with Gasteiger partial charge in [0.05, 0.1) is 47.8 Å². The minimum Gasteiger partial charge on any atom is -0.496 e. The molecular weight excluding hydrogens is 789 g/mol. The lowest BCUT2D eigenvalue weighted by molar-refractivity contribution is -0.136. The average Bonchev–Trinajstić information content (AvgIpc) is 3.69. The predicted molar refractivity (Wildman–Crippen MR) is 227 cm³/mol. The number of carbonyl (C=O) groups is 5. The fourth-order valence-corrected chi connectivity index (χ4v) is 9.39. The maximum absolute atomic E-state index is 13.7. The van der Waals surface area contributed by atoms with Crippen LogP contribution in [-0.4, -0.2) is 115 Å². The molecule has 2 atom stereocenters. The van der Waals surface area contributed by atoms with Crippen LogP contribution in [0.1, 0.15) is 87.3 Å². The van der Waals surface area contributed by atoms with Crippen LogP contribution < -0.4 is 30.4 Å². The van der Waals surface area contributed by atoms with Crippen molar-refractivity contribution in [3.63, 3.8) is 0 Å². The van der Waals surface area contributed by atoms with E-state index in [9.17, 15) is 28.8 Å². The molecule has 0 aliphatic carbocycles. The summed E-state index contributed by atoms with van der Waals surface area (Å²) in [6.45, 7) is 3.82. The molecule has 2 aromatic heterocycles. The smallest absolute Gasteiger partial charge is 0.262 e. The molecule has 2 aromatic carbocycles. The number of carbonyl (C=O) groups excluding carboxylic acids is 5. The number of piperidine rings is 1. The van der Waals surface area contributed by atoms with Crippen LogP contribution in [0.2, 0.25) is 0 Å². The second kappa shape index (κ2) is 18.4. The number of nitrogens with zero attached hydrogens (tertiary/aromatic N) is 4. The van der Waals surface area contributed by atoms with Crippen LogP contribution in [0.15, 0.2) is 47.4 Å². The Bertz CT molecular complexity index is 2360. The number of aromatic nitrogens is 1. The number of aryl methyl sites for hydroxylation is 1. The number of ether oxygens (including phenoxy) is 3. The molecule has 2 N–H and O–H groups in total. The molecule has 0 radical (unpaired) electrons. The summed E-state index contributed by atoms with van der Waals surface area (Å²) in [6.07, 6.45) is 7.36. The number of rotatable bonds is 15. The summed E-state index contributed by atoms with van der Waals surface area (Å²) in [5.41, 5.74) is 2.82. The van der Waals surface area contributed by atoms with Gasteiger partial charge in [-0.05, 0) is 114 Å². The van der Waals surface area contributed by atoms with Gasteiger partial charge in [0.1, 0.15) is 23.3 Å². The summed E-state index contributed by atoms with van der Waals surface area (Å²) in [6, 6.07) is 9.40. The van der Waals surface area contributed by atoms with E-state index < -0.39 is 29.7 Å². The van der Waals surface area contributed by atoms with E-state index in [0.29, 0.717) is 40.7 Å². The van der Waals surface area contributed by atoms with Gasteiger partial charge in [-0.15, -0.1) is 11.3 Å². The van der Waals surface area contributed by atoms with Crippen molar-refractivity contribution in [1.29, 1.82) is 0 Å². The van der Waals surface area contributed by atoms with Gasteiger partial charge in [0.15, 0.2) is 0 Å². The summed E-state index contributed by atoms with van der Waals surface area (Å²) in [5.74, 6) is -0.491. The van der Waals surface area contributed by atoms with Crippen molar-refractivity contribution in [2.45, 2.75) is 70.0 Å². The number of thiophene rings is 1. The van der Waals surface area contributed by atoms with Crippen LogP contribution in [0.3, 0.4) is 0 Å². The molecular formula is C44H52N6O9S. The first-order chi connectivity index (χ1) is 28.9. The highest BCUT2D eigenvalue weighted by atomic mass is 32.1. The molecule has 0 bridgehead atoms. The van der Waals surface area contributed by atoms with Gasteiger partial charge in [-0.1, -0.05) is 0 Å². The molecule has 4 aromatic rings. The molecule has 15 nitrogen and oxygen atoms in total. The summed E-state index contributed by atoms with van der Waals surface area (Å²) in [7, 11) is 8.94. The van der Waals surface area contributed by atoms with Crippen LogP contribution >= 0.6 is 11.3 Å². The number of hydrogen-bond acceptors (Lipinski definition) is 12. The number of benzene rings is 2. The summed E-state index contributed by atoms with van der Waals surface area (Å²) < 4.78 is 19.8. The minimum absolute atomic E-state index is 0.0202. The normalized spacial score (nSPS) is 18.5. The highest BCUT2D eigenvalue weighted by Gasteiger charge is 2.44. The third-order valence-electron chi connectivity index (χ3n) is 11.4. The molecule has 318 valence electrons. The van der Waals surface area contributed by atoms with Crippen molar-refractivity contribution in [3.8, 4) is 28.4 Å². The first-order valence-corrected chi connectivity index (χ1v) is 21.2. The van der Waals surface area contributed by atoms with Gasteiger partial charge in [-0.3, -0.25) is 39.0 Å². The summed E-state index contributed by atoms with van der Waals surface area (Å²) in [4.78, 5) is 82.9. The number of nitrogens with one attached hydrogen (secondary N) is 2. The van der Waals surface area contributed by atoms with E-state index in [2.05, 4.69) is 15.5 Å². The summed E-state index contributed by atoms with van der Waals surface area (Å²) in [5, 5.41) is 5.96. The van der Waals surface area contributed by atoms with Crippen LogP contribution in [0, 0.1) is 0 Å². The van der Waals surface area contributed by atoms with Crippen molar-refractivity contribution in [2.24, 2.45) is 7.05 Å². The Hall–Kier alpha value is -5.58. The Balaban J connectivity index is 0.892. The Morgan fingerprint density at radius 1 is 0.900 bits per heavy atom. The number of hydrogen-bond donors (Lipinski definition) is 2. The molecule has 60 heavy (non-hydrogen) atoms. The zero-order valence-electron chi connectivity index (χ0n) is 34.8. The molecule has 7 rings (SSSR count). The van der Waals surface area contributed by atoms with Gasteiger partial charge in [0.25, 0.3) is 23.3 Å². The zero-order valence-corrected chi connectivity index (χ0v) is 35.6. The molecule has 2 saturated heterocycles. The van der Waals surface area contributed by atoms with Crippen molar-refractivity contribution in [2.75, 3.05) is 54.6 Å². The quantitative estimate of drug-likeness (QED) is 0.127. The lowest BCUT2D eigenvalue weighted by Gasteiger charge is -2.27. The topological polar surface area (TPSA) is 169 Å². The highest BCUT2D eigenvalue weighted by Crippen LogP contribution is 2.40. The number of likely N-dealkylation sites (tertiary alicyclic amines) is 1. The molecule has 0 spiro atoms. The zero-order chi connectivity index (χ0) is 42.7. The molecule has 3 aliphatic heterocycles. The lowest BCUT2D eigenvalue weighted by Crippen LogP contribution is -2.54. The van der Waals surface area contributed by atoms with Gasteiger partial charge in [-0.25, -0.2) is 0 Å². The van der Waals surface area contributed by atoms with Crippen LogP contribution in [0.25, 0.3) is 21.2 Å². The lowest BCUT2D eigenvalue weighted by atomic mass is 10.0. The van der Waals surface area contributed by atoms with E-state index in [1.165, 1.54) is 11.3 Å². The van der Waals surface area contributed by atoms with E-state index in [1.54, 1.807) is 56.3 Å². The van der Waals surface area contributed by atoms with Crippen molar-refractivity contribution >= 4 is 51.0 Å². The van der Waals surface area contributed by atoms with Crippen LogP contribution in [-0.2, 0) is 23.2 Å². The van der Waals surface area contributed by atoms with E-state index >= 15 is 0 Å². The third kappa shape index (κ3) is 8.95. The monoisotopic (exact) mass is 840 g/mol. The Labute approximate surface area is 352 Å². The number of imide groups is 2. The maximum Gasteiger partial charge on any atom is 0.262 e. The first-order valence-electron chi connectivity index (χ1n) is 20.4. The molecule has 5 heterocycles.